The molecule has 1 saturated heterocycles. The number of rotatable bonds is 6. The van der Waals surface area contributed by atoms with Gasteiger partial charge in [0, 0.05) is 105 Å². The molecule has 5 bridgehead atoms. The lowest BCUT2D eigenvalue weighted by molar-refractivity contribution is -0.160. The zero-order chi connectivity index (χ0) is 67.6. The van der Waals surface area contributed by atoms with Gasteiger partial charge in [-0.15, -0.1) is 0 Å². The highest BCUT2D eigenvalue weighted by Gasteiger charge is 2.66. The number of nitrogens with two attached hydrogens (primary N) is 1. The summed E-state index contributed by atoms with van der Waals surface area (Å²) in [5, 5.41) is 122. The second-order valence-electron chi connectivity index (χ2n) is 25.1. The Labute approximate surface area is 525 Å². The molecule has 3 aliphatic carbocycles. The number of primary amides is 1. The van der Waals surface area contributed by atoms with Crippen molar-refractivity contribution in [1.82, 2.24) is 14.8 Å². The van der Waals surface area contributed by atoms with Crippen LogP contribution in [0.5, 0.6) is 28.7 Å². The molecule has 0 spiro atoms. The van der Waals surface area contributed by atoms with E-state index in [-0.39, 0.29) is 62.0 Å². The number of nitrogens with zero attached hydrogens (tertiary/aromatic N) is 4. The van der Waals surface area contributed by atoms with Gasteiger partial charge >= 0.3 is 11.8 Å². The number of benzene rings is 3. The molecule has 0 aromatic heterocycles. The van der Waals surface area contributed by atoms with E-state index >= 15 is 0 Å². The van der Waals surface area contributed by atoms with Crippen molar-refractivity contribution in [3.8, 4) is 28.7 Å². The molecule has 26 nitrogen and oxygen atoms in total. The highest BCUT2D eigenvalue weighted by atomic mass is 16.7. The SMILES string of the molecule is CN(C)[C@@H]1C(O)=C(C(N)=O)C(=O)[C@@]2(O)C(O)=C3C(=O)c4c(O)cccc4[C@@](C)(O)[C@H]3C[C@@H]12.CO[C@H]1/C=C\O[C@@]2(C)Oc3c(C)c(O)c4c(O)c(c(/C=N/N5CCN(C)CC5)c(O)c4c3C2=O)NC(=O)/C(C)=C\C=C/[C@H](C)[C@H](O)[C@@H](C)[C@@H](O)[C@@H](C)[C@H](OC(C)=O)[C@@H]1C. The summed E-state index contributed by atoms with van der Waals surface area (Å²) in [6.07, 6.45) is 4.66. The van der Waals surface area contributed by atoms with E-state index in [1.807, 2.05) is 7.05 Å². The van der Waals surface area contributed by atoms with Crippen LogP contribution in [0.4, 0.5) is 5.69 Å². The number of esters is 1. The van der Waals surface area contributed by atoms with Crippen molar-refractivity contribution < 1.29 is 98.8 Å². The number of ketones is 3. The normalized spacial score (nSPS) is 32.9. The number of Topliss-reactive ketones (excluding diaryl/α,β-unsaturated/α-hetero) is 3. The van der Waals surface area contributed by atoms with Crippen molar-refractivity contribution in [3.05, 3.63) is 105 Å². The number of allylic oxidation sites excluding steroid dienone is 2. The molecule has 26 heteroatoms. The molecule has 14 atom stereocenters. The molecule has 13 N–H and O–H groups in total. The minimum absolute atomic E-state index is 0.0559. The largest absolute Gasteiger partial charge is 0.510 e. The molecule has 492 valence electrons. The summed E-state index contributed by atoms with van der Waals surface area (Å²) in [4.78, 5) is 82.5. The van der Waals surface area contributed by atoms with Gasteiger partial charge in [0.15, 0.2) is 17.1 Å². The number of carbonyl (C=O) groups excluding carboxylic acids is 6. The Morgan fingerprint density at radius 3 is 2.11 bits per heavy atom. The average Bonchev–Trinajstić information content (AvgIpc) is 1.12. The standard InChI is InChI=1S/C43H58N4O12.C22H24N2O8/c1-21-12-11-13-22(2)42(55)45-33-28(20-44-47-17-15-46(9)16-18-47)37(52)30-31(38(33)53)36(51)26(6)40-32(30)41(54)43(8,59-40)57-19-14-29(56-10)23(3)39(58-27(7)48)25(5)35(50)24(4)34(21)49;1-21(31)8-5-4-6-11(25)12(8)16(26)13-9(21)7-10-15(24(2)3)17(27)14(20(23)30)19(29)22(10,32)18(13)28/h11-14,19-21,23-25,29,34-35,39,49-53H,15-18H2,1-10H3,(H,45,55);4-6,9-10,15,25,27-28,31-32H,7H2,1-3H3,(H2,23,30)/b12-11-,19-14-,22-13-,44-20+;/t21-,23+,24+,25+,29-,34-,35+,39+,43-;9-,10-,15-,21+,22-/m00/s1. The fourth-order valence-electron chi connectivity index (χ4n) is 13.4. The number of aromatic hydroxyl groups is 4. The number of aliphatic hydroxyl groups excluding tert-OH is 4. The Kier molecular flexibility index (Phi) is 19.4. The Morgan fingerprint density at radius 2 is 1.51 bits per heavy atom. The lowest BCUT2D eigenvalue weighted by Crippen LogP contribution is -2.65. The second-order valence-corrected chi connectivity index (χ2v) is 25.1. The average molecular weight is 1270 g/mol. The first-order valence-corrected chi connectivity index (χ1v) is 29.8. The first kappa shape index (κ1) is 68.5. The third kappa shape index (κ3) is 11.9. The van der Waals surface area contributed by atoms with Gasteiger partial charge in [0.25, 0.3) is 17.6 Å². The van der Waals surface area contributed by atoms with Gasteiger partial charge in [-0.2, -0.15) is 5.10 Å². The number of amides is 2. The van der Waals surface area contributed by atoms with Gasteiger partial charge in [0.05, 0.1) is 70.2 Å². The molecule has 7 aliphatic rings. The number of aliphatic hydroxyl groups is 6. The first-order chi connectivity index (χ1) is 42.5. The van der Waals surface area contributed by atoms with Crippen LogP contribution in [0.3, 0.4) is 0 Å². The van der Waals surface area contributed by atoms with Gasteiger partial charge in [0.1, 0.15) is 46.2 Å². The van der Waals surface area contributed by atoms with Gasteiger partial charge < -0.3 is 86.0 Å². The van der Waals surface area contributed by atoms with Gasteiger partial charge in [-0.1, -0.05) is 58.1 Å². The van der Waals surface area contributed by atoms with Gasteiger partial charge in [-0.25, -0.2) is 0 Å². The maximum absolute atomic E-state index is 14.4. The molecule has 91 heavy (non-hydrogen) atoms. The number of anilines is 1. The number of phenolic OH excluding ortho intramolecular Hbond substituents is 4. The quantitative estimate of drug-likeness (QED) is 0.0543. The Hall–Kier alpha value is -8.37. The van der Waals surface area contributed by atoms with Crippen LogP contribution < -0.4 is 15.8 Å². The van der Waals surface area contributed by atoms with E-state index in [0.29, 0.717) is 13.1 Å². The zero-order valence-corrected chi connectivity index (χ0v) is 53.0. The number of likely N-dealkylation sites (N-methyl/N-ethyl adjacent to an activating group) is 2. The molecule has 10 rings (SSSR count). The molecule has 3 aromatic carbocycles. The number of nitrogens with one attached hydrogen (secondary N) is 1. The van der Waals surface area contributed by atoms with Crippen molar-refractivity contribution in [3.63, 3.8) is 0 Å². The first-order valence-electron chi connectivity index (χ1n) is 29.8. The van der Waals surface area contributed by atoms with E-state index in [4.69, 9.17) is 24.7 Å². The van der Waals surface area contributed by atoms with Crippen molar-refractivity contribution in [2.45, 2.75) is 116 Å². The summed E-state index contributed by atoms with van der Waals surface area (Å²) in [6.45, 7) is 16.5. The summed E-state index contributed by atoms with van der Waals surface area (Å²) in [5.74, 6) is -16.2. The van der Waals surface area contributed by atoms with Crippen molar-refractivity contribution >= 4 is 57.8 Å². The number of methoxy groups -OCH3 is 1. The van der Waals surface area contributed by atoms with Crippen LogP contribution in [0.1, 0.15) is 99.2 Å². The third-order valence-electron chi connectivity index (χ3n) is 18.9. The lowest BCUT2D eigenvalue weighted by atomic mass is 9.55. The fraction of sp³-hybridized carbons (Fsp3) is 0.492. The van der Waals surface area contributed by atoms with E-state index in [0.717, 1.165) is 13.1 Å². The number of hydrogen-bond acceptors (Lipinski definition) is 24. The Morgan fingerprint density at radius 1 is 0.857 bits per heavy atom. The third-order valence-corrected chi connectivity index (χ3v) is 18.9. The van der Waals surface area contributed by atoms with Gasteiger partial charge in [-0.05, 0) is 66.0 Å². The summed E-state index contributed by atoms with van der Waals surface area (Å²) >= 11 is 0. The van der Waals surface area contributed by atoms with Crippen LogP contribution in [0.2, 0.25) is 0 Å². The van der Waals surface area contributed by atoms with E-state index in [2.05, 4.69) is 15.3 Å². The number of carbonyl (C=O) groups is 6. The van der Waals surface area contributed by atoms with E-state index in [9.17, 15) is 79.8 Å². The lowest BCUT2D eigenvalue weighted by Gasteiger charge is -2.52. The van der Waals surface area contributed by atoms with Crippen LogP contribution in [0.25, 0.3) is 10.8 Å². The minimum atomic E-state index is -2.75. The van der Waals surface area contributed by atoms with Crippen molar-refractivity contribution in [1.29, 1.82) is 0 Å². The minimum Gasteiger partial charge on any atom is -0.510 e. The molecular formula is C65H82N6O20. The smallest absolute Gasteiger partial charge is 0.312 e. The highest BCUT2D eigenvalue weighted by Crippen LogP contribution is 2.58. The number of hydrazone groups is 1. The van der Waals surface area contributed by atoms with Crippen molar-refractivity contribution in [2.75, 3.05) is 59.7 Å². The molecule has 4 heterocycles. The molecule has 3 aromatic rings. The van der Waals surface area contributed by atoms with E-state index < -0.39 is 164 Å². The second kappa shape index (κ2) is 25.7. The summed E-state index contributed by atoms with van der Waals surface area (Å²) < 4.78 is 23.6. The molecule has 4 aliphatic heterocycles. The summed E-state index contributed by atoms with van der Waals surface area (Å²) in [6, 6.07) is 3.05. The van der Waals surface area contributed by atoms with Gasteiger partial charge in [0.2, 0.25) is 5.78 Å². The topological polar surface area (TPSA) is 402 Å². The maximum atomic E-state index is 14.4. The highest BCUT2D eigenvalue weighted by molar-refractivity contribution is 6.26. The van der Waals surface area contributed by atoms with E-state index in [1.54, 1.807) is 44.9 Å². The molecule has 0 saturated carbocycles. The molecule has 1 fully saturated rings. The number of ether oxygens (including phenoxy) is 4. The molecule has 0 radical (unpaired) electrons. The zero-order valence-electron chi connectivity index (χ0n) is 53.0. The number of piperazine rings is 1. The molecular weight excluding hydrogens is 1180 g/mol. The van der Waals surface area contributed by atoms with Crippen LogP contribution in [-0.4, -0.2) is 203 Å². The summed E-state index contributed by atoms with van der Waals surface area (Å²) in [7, 11) is 6.48. The van der Waals surface area contributed by atoms with Crippen LogP contribution in [0, 0.1) is 42.4 Å². The molecule has 0 unspecified atom stereocenters. The number of hydrogen-bond donors (Lipinski definition) is 12. The van der Waals surface area contributed by atoms with Crippen LogP contribution in [-0.2, 0) is 39.0 Å². The Bertz CT molecular complexity index is 3670. The van der Waals surface area contributed by atoms with Crippen LogP contribution >= 0.6 is 0 Å². The van der Waals surface area contributed by atoms with Crippen molar-refractivity contribution in [2.24, 2.45) is 46.3 Å². The fourth-order valence-corrected chi connectivity index (χ4v) is 13.4. The predicted molar refractivity (Wildman–Crippen MR) is 330 cm³/mol. The van der Waals surface area contributed by atoms with Gasteiger partial charge in [-0.3, -0.25) is 38.7 Å². The summed E-state index contributed by atoms with van der Waals surface area (Å²) in [5.41, 5.74) is -1.00. The monoisotopic (exact) mass is 1270 g/mol. The Balaban J connectivity index is 0.000000279. The molecule has 2 amide bonds. The van der Waals surface area contributed by atoms with E-state index in [1.165, 1.54) is 104 Å². The maximum Gasteiger partial charge on any atom is 0.312 e. The van der Waals surface area contributed by atoms with Crippen LogP contribution in [0.15, 0.2) is 82.1 Å². The predicted octanol–water partition coefficient (Wildman–Crippen LogP) is 4.12. The number of fused-ring (bicyclic) bond motifs is 17. The number of phenols is 4.